The molecule has 0 radical (unpaired) electrons. The third-order valence-corrected chi connectivity index (χ3v) is 13.8. The second kappa shape index (κ2) is 40.6. The molecule has 14 heteroatoms. The Kier molecular flexibility index (Phi) is 38.6. The first-order valence-electron chi connectivity index (χ1n) is 26.4. The van der Waals surface area contributed by atoms with Gasteiger partial charge in [-0.1, -0.05) is 205 Å². The van der Waals surface area contributed by atoms with E-state index < -0.39 is 75.2 Å². The molecule has 1 amide bonds. The van der Waals surface area contributed by atoms with Gasteiger partial charge in [0, 0.05) is 0 Å². The van der Waals surface area contributed by atoms with Gasteiger partial charge < -0.3 is 46.0 Å². The molecule has 0 saturated heterocycles. The van der Waals surface area contributed by atoms with E-state index in [4.69, 9.17) is 9.05 Å². The van der Waals surface area contributed by atoms with Gasteiger partial charge in [0.2, 0.25) is 5.91 Å². The number of rotatable bonds is 44. The second-order valence-electron chi connectivity index (χ2n) is 18.9. The summed E-state index contributed by atoms with van der Waals surface area (Å²) in [5, 5.41) is 74.7. The van der Waals surface area contributed by atoms with Crippen molar-refractivity contribution >= 4 is 13.7 Å². The summed E-state index contributed by atoms with van der Waals surface area (Å²) in [7, 11) is -5.15. The summed E-state index contributed by atoms with van der Waals surface area (Å²) < 4.78 is 22.9. The van der Waals surface area contributed by atoms with Gasteiger partial charge in [-0.3, -0.25) is 13.8 Å². The molecule has 1 saturated carbocycles. The molecule has 0 aromatic heterocycles. The zero-order valence-electron chi connectivity index (χ0n) is 40.9. The zero-order chi connectivity index (χ0) is 48.0. The van der Waals surface area contributed by atoms with Crippen LogP contribution in [0.15, 0.2) is 24.3 Å². The van der Waals surface area contributed by atoms with Crippen LogP contribution in [0.2, 0.25) is 0 Å². The molecule has 1 fully saturated rings. The Morgan fingerprint density at radius 1 is 0.538 bits per heavy atom. The molecule has 1 aliphatic carbocycles. The first-order valence-corrected chi connectivity index (χ1v) is 27.9. The average molecular weight is 948 g/mol. The Labute approximate surface area is 394 Å². The maximum Gasteiger partial charge on any atom is 0.472 e. The fourth-order valence-corrected chi connectivity index (χ4v) is 9.44. The summed E-state index contributed by atoms with van der Waals surface area (Å²) in [5.74, 6) is -0.595. The Morgan fingerprint density at radius 2 is 0.892 bits per heavy atom. The first kappa shape index (κ1) is 61.8. The number of carbonyl (C=O) groups excluding carboxylic acids is 1. The van der Waals surface area contributed by atoms with Crippen LogP contribution in [0.3, 0.4) is 0 Å². The molecular formula is C51H98NO12P. The topological polar surface area (TPSA) is 226 Å². The monoisotopic (exact) mass is 948 g/mol. The molecule has 0 aromatic rings. The average Bonchev–Trinajstić information content (AvgIpc) is 3.28. The molecule has 8 atom stereocenters. The molecule has 13 nitrogen and oxygen atoms in total. The van der Waals surface area contributed by atoms with Gasteiger partial charge in [0.05, 0.1) is 31.3 Å². The Hall–Kier alpha value is -1.22. The molecule has 9 N–H and O–H groups in total. The fourth-order valence-electron chi connectivity index (χ4n) is 8.47. The summed E-state index contributed by atoms with van der Waals surface area (Å²) in [6.45, 7) is 3.76. The molecule has 0 bridgehead atoms. The molecule has 1 aliphatic rings. The second-order valence-corrected chi connectivity index (χ2v) is 20.3. The van der Waals surface area contributed by atoms with Crippen LogP contribution in [0, 0.1) is 0 Å². The van der Waals surface area contributed by atoms with Gasteiger partial charge in [-0.05, 0) is 44.9 Å². The van der Waals surface area contributed by atoms with Crippen molar-refractivity contribution in [2.45, 2.75) is 287 Å². The number of allylic oxidation sites excluding steroid dienone is 3. The maximum absolute atomic E-state index is 13.0. The van der Waals surface area contributed by atoms with E-state index in [2.05, 4.69) is 31.3 Å². The van der Waals surface area contributed by atoms with Crippen LogP contribution >= 0.6 is 7.82 Å². The van der Waals surface area contributed by atoms with Crippen molar-refractivity contribution in [2.75, 3.05) is 6.61 Å². The van der Waals surface area contributed by atoms with Gasteiger partial charge in [-0.2, -0.15) is 0 Å². The molecular weight excluding hydrogens is 850 g/mol. The number of nitrogens with one attached hydrogen (secondary N) is 1. The van der Waals surface area contributed by atoms with Crippen LogP contribution in [0.4, 0.5) is 0 Å². The van der Waals surface area contributed by atoms with Crippen molar-refractivity contribution in [1.82, 2.24) is 5.32 Å². The van der Waals surface area contributed by atoms with Crippen LogP contribution in [-0.4, -0.2) is 108 Å². The number of unbranched alkanes of at least 4 members (excludes halogenated alkanes) is 29. The van der Waals surface area contributed by atoms with Crippen LogP contribution < -0.4 is 5.32 Å². The van der Waals surface area contributed by atoms with E-state index in [0.29, 0.717) is 12.8 Å². The lowest BCUT2D eigenvalue weighted by molar-refractivity contribution is -0.220. The van der Waals surface area contributed by atoms with Gasteiger partial charge in [0.15, 0.2) is 0 Å². The Morgan fingerprint density at radius 3 is 1.31 bits per heavy atom. The lowest BCUT2D eigenvalue weighted by Gasteiger charge is -2.41. The third-order valence-electron chi connectivity index (χ3n) is 12.8. The molecule has 8 unspecified atom stereocenters. The Balaban J connectivity index is 2.49. The van der Waals surface area contributed by atoms with Gasteiger partial charge in [0.25, 0.3) is 0 Å². The van der Waals surface area contributed by atoms with Crippen LogP contribution in [-0.2, 0) is 18.4 Å². The van der Waals surface area contributed by atoms with Gasteiger partial charge in [-0.15, -0.1) is 0 Å². The normalized spacial score (nSPS) is 22.7. The number of carbonyl (C=O) groups is 1. The standard InChI is InChI=1S/C51H98NO12P/c1-3-5-7-9-11-13-15-17-19-21-23-25-27-29-31-33-35-37-39-44(54)43(41-63-65(61,62)64-51-49(59)47(57)46(56)48(58)50(51)60)52-45(55)40-42(53)38-36-34-32-30-28-26-24-22-20-18-16-14-12-10-8-6-4-2/h22,24,37,39,42-44,46-51,53-54,56-60H,3-21,23,25-36,38,40-41H2,1-2H3,(H,52,55)(H,61,62)/b24-22-,39-37+. The highest BCUT2D eigenvalue weighted by atomic mass is 31.2. The summed E-state index contributed by atoms with van der Waals surface area (Å²) in [6, 6.07) is -1.24. The molecule has 0 heterocycles. The van der Waals surface area contributed by atoms with Crippen molar-refractivity contribution in [3.8, 4) is 0 Å². The molecule has 0 aromatic carbocycles. The van der Waals surface area contributed by atoms with Crippen molar-refractivity contribution in [3.63, 3.8) is 0 Å². The Bertz CT molecular complexity index is 1210. The summed E-state index contributed by atoms with van der Waals surface area (Å²) in [5.41, 5.74) is 0. The van der Waals surface area contributed by atoms with E-state index in [1.165, 1.54) is 141 Å². The lowest BCUT2D eigenvalue weighted by atomic mass is 9.85. The number of hydrogen-bond acceptors (Lipinski definition) is 11. The quantitative estimate of drug-likeness (QED) is 0.0158. The molecule has 0 spiro atoms. The molecule has 0 aliphatic heterocycles. The highest BCUT2D eigenvalue weighted by molar-refractivity contribution is 7.47. The summed E-state index contributed by atoms with van der Waals surface area (Å²) in [6.07, 6.45) is 32.5. The first-order chi connectivity index (χ1) is 31.3. The predicted molar refractivity (Wildman–Crippen MR) is 261 cm³/mol. The van der Waals surface area contributed by atoms with E-state index >= 15 is 0 Å². The van der Waals surface area contributed by atoms with E-state index in [-0.39, 0.29) is 6.42 Å². The smallest absolute Gasteiger partial charge is 0.393 e. The number of hydrogen-bond donors (Lipinski definition) is 9. The minimum atomic E-state index is -5.15. The number of amides is 1. The van der Waals surface area contributed by atoms with E-state index in [1.807, 2.05) is 0 Å². The summed E-state index contributed by atoms with van der Waals surface area (Å²) in [4.78, 5) is 23.5. The van der Waals surface area contributed by atoms with Crippen molar-refractivity contribution in [2.24, 2.45) is 0 Å². The van der Waals surface area contributed by atoms with Crippen LogP contribution in [0.5, 0.6) is 0 Å². The highest BCUT2D eigenvalue weighted by Crippen LogP contribution is 2.47. The lowest BCUT2D eigenvalue weighted by Crippen LogP contribution is -2.64. The highest BCUT2D eigenvalue weighted by Gasteiger charge is 2.51. The number of phosphoric ester groups is 1. The van der Waals surface area contributed by atoms with Gasteiger partial charge >= 0.3 is 7.82 Å². The van der Waals surface area contributed by atoms with Gasteiger partial charge in [-0.25, -0.2) is 4.57 Å². The van der Waals surface area contributed by atoms with E-state index in [1.54, 1.807) is 6.08 Å². The number of aliphatic hydroxyl groups is 7. The summed E-state index contributed by atoms with van der Waals surface area (Å²) >= 11 is 0. The zero-order valence-corrected chi connectivity index (χ0v) is 41.8. The number of phosphoric acid groups is 1. The van der Waals surface area contributed by atoms with E-state index in [0.717, 1.165) is 64.2 Å². The van der Waals surface area contributed by atoms with Crippen molar-refractivity contribution in [3.05, 3.63) is 24.3 Å². The molecule has 384 valence electrons. The third kappa shape index (κ3) is 32.3. The van der Waals surface area contributed by atoms with Crippen LogP contribution in [0.1, 0.15) is 232 Å². The van der Waals surface area contributed by atoms with Crippen molar-refractivity contribution in [1.29, 1.82) is 0 Å². The largest absolute Gasteiger partial charge is 0.472 e. The van der Waals surface area contributed by atoms with Gasteiger partial charge in [0.1, 0.15) is 36.6 Å². The fraction of sp³-hybridized carbons (Fsp3) is 0.902. The molecule has 1 rings (SSSR count). The predicted octanol–water partition coefficient (Wildman–Crippen LogP) is 9.93. The minimum Gasteiger partial charge on any atom is -0.393 e. The minimum absolute atomic E-state index is 0.248. The SMILES string of the molecule is CCCCCCCCCC/C=C\CCCCCCCC(O)CC(=O)NC(COP(=O)(O)OC1C(O)C(O)C(O)C(O)C1O)C(O)/C=C/CCCCCCCCCCCCCCCCCC. The number of aliphatic hydroxyl groups excluding tert-OH is 7. The molecule has 65 heavy (non-hydrogen) atoms. The maximum atomic E-state index is 13.0. The van der Waals surface area contributed by atoms with E-state index in [9.17, 15) is 50.0 Å². The van der Waals surface area contributed by atoms with Crippen LogP contribution in [0.25, 0.3) is 0 Å². The van der Waals surface area contributed by atoms with Crippen molar-refractivity contribution < 1.29 is 59.0 Å².